The molecule has 1 amide bonds. The van der Waals surface area contributed by atoms with Crippen molar-refractivity contribution < 1.29 is 9.53 Å². The van der Waals surface area contributed by atoms with Gasteiger partial charge in [-0.1, -0.05) is 30.3 Å². The van der Waals surface area contributed by atoms with Gasteiger partial charge in [-0.3, -0.25) is 14.9 Å². The lowest BCUT2D eigenvalue weighted by Crippen LogP contribution is -2.27. The van der Waals surface area contributed by atoms with Crippen molar-refractivity contribution in [2.45, 2.75) is 13.0 Å². The second kappa shape index (κ2) is 9.49. The Morgan fingerprint density at radius 3 is 2.81 bits per heavy atom. The van der Waals surface area contributed by atoms with Crippen molar-refractivity contribution in [3.63, 3.8) is 0 Å². The zero-order chi connectivity index (χ0) is 18.9. The zero-order valence-corrected chi connectivity index (χ0v) is 15.2. The van der Waals surface area contributed by atoms with E-state index in [0.29, 0.717) is 18.8 Å². The predicted octanol–water partition coefficient (Wildman–Crippen LogP) is 2.39. The van der Waals surface area contributed by atoms with Gasteiger partial charge >= 0.3 is 0 Å². The molecule has 140 valence electrons. The second-order valence-corrected chi connectivity index (χ2v) is 6.05. The number of methoxy groups -OCH3 is 1. The van der Waals surface area contributed by atoms with Gasteiger partial charge < -0.3 is 15.4 Å². The van der Waals surface area contributed by atoms with Crippen molar-refractivity contribution in [2.75, 3.05) is 20.2 Å². The fourth-order valence-corrected chi connectivity index (χ4v) is 2.61. The van der Waals surface area contributed by atoms with Crippen molar-refractivity contribution >= 4 is 5.91 Å². The third kappa shape index (κ3) is 5.39. The maximum absolute atomic E-state index is 12.2. The highest BCUT2D eigenvalue weighted by molar-refractivity contribution is 5.93. The summed E-state index contributed by atoms with van der Waals surface area (Å²) in [6.07, 6.45) is 4.30. The number of ether oxygens (including phenoxy) is 1. The summed E-state index contributed by atoms with van der Waals surface area (Å²) in [4.78, 5) is 16.3. The largest absolute Gasteiger partial charge is 0.495 e. The number of carbonyl (C=O) groups excluding carboxylic acids is 1. The lowest BCUT2D eigenvalue weighted by atomic mass is 10.1. The molecule has 7 nitrogen and oxygen atoms in total. The highest BCUT2D eigenvalue weighted by Crippen LogP contribution is 2.16. The molecule has 0 atom stereocenters. The molecule has 0 radical (unpaired) electrons. The minimum Gasteiger partial charge on any atom is -0.495 e. The topological polar surface area (TPSA) is 91.9 Å². The van der Waals surface area contributed by atoms with Crippen molar-refractivity contribution in [2.24, 2.45) is 0 Å². The molecule has 0 aliphatic rings. The van der Waals surface area contributed by atoms with E-state index in [1.54, 1.807) is 25.6 Å². The molecule has 0 fully saturated rings. The molecule has 27 heavy (non-hydrogen) atoms. The highest BCUT2D eigenvalue weighted by Gasteiger charge is 2.10. The van der Waals surface area contributed by atoms with Crippen LogP contribution in [0, 0.1) is 0 Å². The molecule has 3 N–H and O–H groups in total. The van der Waals surface area contributed by atoms with Gasteiger partial charge in [-0.05, 0) is 36.2 Å². The van der Waals surface area contributed by atoms with E-state index in [-0.39, 0.29) is 5.91 Å². The monoisotopic (exact) mass is 365 g/mol. The SMILES string of the molecule is COc1cncc(CNCCCNC(=O)c2cc(-c3ccccc3)[nH]n2)c1. The fraction of sp³-hybridized carbons (Fsp3) is 0.250. The molecule has 0 unspecified atom stereocenters. The fourth-order valence-electron chi connectivity index (χ4n) is 2.61. The summed E-state index contributed by atoms with van der Waals surface area (Å²) in [5.41, 5.74) is 3.28. The Labute approximate surface area is 158 Å². The van der Waals surface area contributed by atoms with E-state index in [1.165, 1.54) is 0 Å². The Balaban J connectivity index is 1.37. The van der Waals surface area contributed by atoms with Gasteiger partial charge in [0.2, 0.25) is 0 Å². The predicted molar refractivity (Wildman–Crippen MR) is 103 cm³/mol. The quantitative estimate of drug-likeness (QED) is 0.507. The van der Waals surface area contributed by atoms with Crippen molar-refractivity contribution in [1.82, 2.24) is 25.8 Å². The number of carbonyl (C=O) groups is 1. The summed E-state index contributed by atoms with van der Waals surface area (Å²) in [5.74, 6) is 0.570. The number of benzene rings is 1. The van der Waals surface area contributed by atoms with Gasteiger partial charge in [-0.15, -0.1) is 0 Å². The highest BCUT2D eigenvalue weighted by atomic mass is 16.5. The first-order valence-corrected chi connectivity index (χ1v) is 8.84. The molecule has 0 aliphatic heterocycles. The summed E-state index contributed by atoms with van der Waals surface area (Å²) < 4.78 is 5.15. The summed E-state index contributed by atoms with van der Waals surface area (Å²) >= 11 is 0. The Morgan fingerprint density at radius 2 is 2.00 bits per heavy atom. The first kappa shape index (κ1) is 18.6. The number of hydrogen-bond acceptors (Lipinski definition) is 5. The second-order valence-electron chi connectivity index (χ2n) is 6.05. The molecule has 0 bridgehead atoms. The van der Waals surface area contributed by atoms with Crippen LogP contribution in [-0.4, -0.2) is 41.3 Å². The summed E-state index contributed by atoms with van der Waals surface area (Å²) in [6.45, 7) is 2.07. The smallest absolute Gasteiger partial charge is 0.271 e. The van der Waals surface area contributed by atoms with Crippen LogP contribution in [0.4, 0.5) is 0 Å². The number of nitrogens with zero attached hydrogens (tertiary/aromatic N) is 2. The molecule has 3 aromatic rings. The van der Waals surface area contributed by atoms with Crippen LogP contribution in [0.2, 0.25) is 0 Å². The molecule has 3 rings (SSSR count). The molecule has 0 saturated heterocycles. The van der Waals surface area contributed by atoms with Gasteiger partial charge in [0, 0.05) is 19.3 Å². The van der Waals surface area contributed by atoms with E-state index in [0.717, 1.165) is 35.5 Å². The van der Waals surface area contributed by atoms with E-state index in [2.05, 4.69) is 25.8 Å². The maximum Gasteiger partial charge on any atom is 0.271 e. The number of hydrogen-bond donors (Lipinski definition) is 3. The molecule has 2 heterocycles. The molecule has 2 aromatic heterocycles. The number of aromatic amines is 1. The van der Waals surface area contributed by atoms with Gasteiger partial charge in [0.05, 0.1) is 19.0 Å². The Bertz CT molecular complexity index is 864. The summed E-state index contributed by atoms with van der Waals surface area (Å²) in [6, 6.07) is 13.5. The van der Waals surface area contributed by atoms with Crippen molar-refractivity contribution in [1.29, 1.82) is 0 Å². The molecular weight excluding hydrogens is 342 g/mol. The van der Waals surface area contributed by atoms with E-state index in [4.69, 9.17) is 4.74 Å². The Hall–Kier alpha value is -3.19. The number of aromatic nitrogens is 3. The maximum atomic E-state index is 12.2. The van der Waals surface area contributed by atoms with E-state index in [9.17, 15) is 4.79 Å². The van der Waals surface area contributed by atoms with Crippen molar-refractivity contribution in [3.05, 3.63) is 66.1 Å². The third-order valence-electron chi connectivity index (χ3n) is 4.05. The van der Waals surface area contributed by atoms with Gasteiger partial charge in [0.1, 0.15) is 5.75 Å². The van der Waals surface area contributed by atoms with Crippen LogP contribution in [0.25, 0.3) is 11.3 Å². The number of H-pyrrole nitrogens is 1. The standard InChI is InChI=1S/C20H23N5O2/c1-27-17-10-15(13-22-14-17)12-21-8-5-9-23-20(26)19-11-18(24-25-19)16-6-3-2-4-7-16/h2-4,6-7,10-11,13-14,21H,5,8-9,12H2,1H3,(H,23,26)(H,24,25). The first-order chi connectivity index (χ1) is 13.3. The zero-order valence-electron chi connectivity index (χ0n) is 15.2. The molecule has 0 saturated carbocycles. The Kier molecular flexibility index (Phi) is 6.54. The summed E-state index contributed by atoms with van der Waals surface area (Å²) in [7, 11) is 1.62. The van der Waals surface area contributed by atoms with Gasteiger partial charge in [-0.2, -0.15) is 5.10 Å². The molecule has 7 heteroatoms. The van der Waals surface area contributed by atoms with E-state index >= 15 is 0 Å². The lowest BCUT2D eigenvalue weighted by Gasteiger charge is -2.07. The number of pyridine rings is 1. The third-order valence-corrected chi connectivity index (χ3v) is 4.05. The van der Waals surface area contributed by atoms with Crippen LogP contribution in [0.1, 0.15) is 22.5 Å². The van der Waals surface area contributed by atoms with Crippen LogP contribution < -0.4 is 15.4 Å². The summed E-state index contributed by atoms with van der Waals surface area (Å²) in [5, 5.41) is 13.2. The molecule has 0 spiro atoms. The lowest BCUT2D eigenvalue weighted by molar-refractivity contribution is 0.0948. The average Bonchev–Trinajstić information content (AvgIpc) is 3.21. The van der Waals surface area contributed by atoms with Crippen molar-refractivity contribution in [3.8, 4) is 17.0 Å². The minimum atomic E-state index is -0.176. The number of nitrogens with one attached hydrogen (secondary N) is 3. The van der Waals surface area contributed by atoms with E-state index in [1.807, 2.05) is 36.4 Å². The molecular formula is C20H23N5O2. The van der Waals surface area contributed by atoms with Crippen LogP contribution in [0.3, 0.4) is 0 Å². The van der Waals surface area contributed by atoms with Crippen LogP contribution in [0.5, 0.6) is 5.75 Å². The number of amides is 1. The van der Waals surface area contributed by atoms with Gasteiger partial charge in [0.15, 0.2) is 5.69 Å². The average molecular weight is 365 g/mol. The normalized spacial score (nSPS) is 10.6. The van der Waals surface area contributed by atoms with Crippen LogP contribution in [0.15, 0.2) is 54.9 Å². The van der Waals surface area contributed by atoms with E-state index < -0.39 is 0 Å². The van der Waals surface area contributed by atoms with Crippen LogP contribution in [-0.2, 0) is 6.54 Å². The van der Waals surface area contributed by atoms with Gasteiger partial charge in [0.25, 0.3) is 5.91 Å². The Morgan fingerprint density at radius 1 is 1.15 bits per heavy atom. The molecule has 0 aliphatic carbocycles. The number of rotatable bonds is 9. The first-order valence-electron chi connectivity index (χ1n) is 8.84. The minimum absolute atomic E-state index is 0.176. The molecule has 1 aromatic carbocycles. The van der Waals surface area contributed by atoms with Crippen LogP contribution >= 0.6 is 0 Å². The van der Waals surface area contributed by atoms with Gasteiger partial charge in [-0.25, -0.2) is 0 Å².